The highest BCUT2D eigenvalue weighted by atomic mass is 35.5. The predicted octanol–water partition coefficient (Wildman–Crippen LogP) is 6.03. The van der Waals surface area contributed by atoms with Gasteiger partial charge in [0, 0.05) is 6.07 Å². The summed E-state index contributed by atoms with van der Waals surface area (Å²) < 4.78 is 10.7. The molecule has 0 heterocycles. The number of hydrogen-bond donors (Lipinski definition) is 0. The molecule has 0 radical (unpaired) electrons. The molecule has 1 aromatic carbocycles. The predicted molar refractivity (Wildman–Crippen MR) is 101 cm³/mol. The van der Waals surface area contributed by atoms with Gasteiger partial charge in [0.2, 0.25) is 0 Å². The van der Waals surface area contributed by atoms with Crippen molar-refractivity contribution in [2.24, 2.45) is 23.2 Å². The lowest BCUT2D eigenvalue weighted by Crippen LogP contribution is -2.52. The summed E-state index contributed by atoms with van der Waals surface area (Å²) in [6.07, 6.45) is 4.83. The van der Waals surface area contributed by atoms with Crippen LogP contribution in [0.2, 0.25) is 15.1 Å². The second kappa shape index (κ2) is 7.54. The number of esters is 1. The zero-order valence-electron chi connectivity index (χ0n) is 14.5. The average molecular weight is 406 g/mol. The molecule has 0 aromatic heterocycles. The van der Waals surface area contributed by atoms with Gasteiger partial charge in [0.1, 0.15) is 5.75 Å². The Bertz CT molecular complexity index is 658. The molecule has 0 aliphatic heterocycles. The van der Waals surface area contributed by atoms with Crippen molar-refractivity contribution in [1.82, 2.24) is 0 Å². The number of rotatable bonds is 6. The van der Waals surface area contributed by atoms with E-state index in [1.54, 1.807) is 0 Å². The van der Waals surface area contributed by atoms with Crippen LogP contribution >= 0.6 is 34.8 Å². The third-order valence-corrected chi connectivity index (χ3v) is 7.09. The highest BCUT2D eigenvalue weighted by Crippen LogP contribution is 2.61. The number of halogens is 3. The minimum absolute atomic E-state index is 0.195. The van der Waals surface area contributed by atoms with Crippen LogP contribution in [0.15, 0.2) is 12.1 Å². The molecule has 0 spiro atoms. The lowest BCUT2D eigenvalue weighted by Gasteiger charge is -2.60. The standard InChI is InChI=1S/C19H23Cl3O3/c1-19(2)12-4-3-11(13(19)7-12)5-6-24-18(23)10-25-17-9-15(21)14(20)8-16(17)22/h8-9,11-13H,3-7,10H2,1-2H3/t11-,12-,13-/m0/s1. The summed E-state index contributed by atoms with van der Waals surface area (Å²) in [4.78, 5) is 11.9. The molecule has 0 saturated heterocycles. The summed E-state index contributed by atoms with van der Waals surface area (Å²) in [7, 11) is 0. The third-order valence-electron chi connectivity index (χ3n) is 6.07. The normalized spacial score (nSPS) is 26.7. The Morgan fingerprint density at radius 2 is 1.88 bits per heavy atom. The van der Waals surface area contributed by atoms with Crippen molar-refractivity contribution in [2.45, 2.75) is 39.5 Å². The van der Waals surface area contributed by atoms with Gasteiger partial charge in [-0.25, -0.2) is 4.79 Å². The molecule has 3 saturated carbocycles. The van der Waals surface area contributed by atoms with E-state index in [4.69, 9.17) is 44.3 Å². The van der Waals surface area contributed by atoms with Crippen LogP contribution in [0.5, 0.6) is 5.75 Å². The highest BCUT2D eigenvalue weighted by Gasteiger charge is 2.53. The molecule has 1 aromatic rings. The number of ether oxygens (including phenoxy) is 2. The number of carbonyl (C=O) groups is 1. The summed E-state index contributed by atoms with van der Waals surface area (Å²) in [5.74, 6) is 2.25. The van der Waals surface area contributed by atoms with Gasteiger partial charge >= 0.3 is 5.97 Å². The maximum Gasteiger partial charge on any atom is 0.344 e. The van der Waals surface area contributed by atoms with Crippen molar-refractivity contribution >= 4 is 40.8 Å². The fourth-order valence-corrected chi connectivity index (χ4v) is 5.02. The first-order chi connectivity index (χ1) is 11.8. The molecule has 3 nitrogen and oxygen atoms in total. The minimum atomic E-state index is -0.399. The highest BCUT2D eigenvalue weighted by molar-refractivity contribution is 6.43. The van der Waals surface area contributed by atoms with E-state index in [2.05, 4.69) is 13.8 Å². The third kappa shape index (κ3) is 4.04. The Hall–Kier alpha value is -0.640. The molecular weight excluding hydrogens is 383 g/mol. The van der Waals surface area contributed by atoms with E-state index < -0.39 is 5.97 Å². The fraction of sp³-hybridized carbons (Fsp3) is 0.632. The van der Waals surface area contributed by atoms with Gasteiger partial charge in [0.15, 0.2) is 6.61 Å². The molecule has 2 bridgehead atoms. The van der Waals surface area contributed by atoms with Crippen molar-refractivity contribution < 1.29 is 14.3 Å². The van der Waals surface area contributed by atoms with Crippen LogP contribution in [0, 0.1) is 23.2 Å². The fourth-order valence-electron chi connectivity index (χ4n) is 4.43. The first-order valence-electron chi connectivity index (χ1n) is 8.72. The summed E-state index contributed by atoms with van der Waals surface area (Å²) in [5, 5.41) is 0.981. The van der Waals surface area contributed by atoms with E-state index in [1.807, 2.05) is 0 Å². The second-order valence-electron chi connectivity index (χ2n) is 7.69. The summed E-state index contributed by atoms with van der Waals surface area (Å²) in [6, 6.07) is 2.99. The van der Waals surface area contributed by atoms with E-state index in [0.29, 0.717) is 38.8 Å². The topological polar surface area (TPSA) is 35.5 Å². The van der Waals surface area contributed by atoms with Crippen LogP contribution in [0.1, 0.15) is 39.5 Å². The van der Waals surface area contributed by atoms with E-state index >= 15 is 0 Å². The van der Waals surface area contributed by atoms with Gasteiger partial charge in [-0.1, -0.05) is 48.7 Å². The molecule has 4 rings (SSSR count). The van der Waals surface area contributed by atoms with Crippen LogP contribution in [0.25, 0.3) is 0 Å². The van der Waals surface area contributed by atoms with E-state index in [-0.39, 0.29) is 6.61 Å². The number of hydrogen-bond acceptors (Lipinski definition) is 3. The molecule has 3 atom stereocenters. The van der Waals surface area contributed by atoms with Gasteiger partial charge in [-0.2, -0.15) is 0 Å². The van der Waals surface area contributed by atoms with Gasteiger partial charge in [0.05, 0.1) is 21.7 Å². The lowest BCUT2D eigenvalue weighted by atomic mass is 9.45. The van der Waals surface area contributed by atoms with Crippen LogP contribution in [-0.2, 0) is 9.53 Å². The second-order valence-corrected chi connectivity index (χ2v) is 8.91. The molecule has 3 aliphatic carbocycles. The Morgan fingerprint density at radius 1 is 1.16 bits per heavy atom. The maximum atomic E-state index is 11.9. The molecule has 0 N–H and O–H groups in total. The number of carbonyl (C=O) groups excluding carboxylic acids is 1. The molecule has 138 valence electrons. The lowest BCUT2D eigenvalue weighted by molar-refractivity contribution is -0.148. The molecule has 3 fully saturated rings. The number of benzene rings is 1. The average Bonchev–Trinajstić information content (AvgIpc) is 2.57. The van der Waals surface area contributed by atoms with Crippen LogP contribution < -0.4 is 4.74 Å². The molecule has 25 heavy (non-hydrogen) atoms. The van der Waals surface area contributed by atoms with Crippen LogP contribution in [-0.4, -0.2) is 19.2 Å². The molecular formula is C19H23Cl3O3. The molecule has 0 unspecified atom stereocenters. The Balaban J connectivity index is 1.41. The maximum absolute atomic E-state index is 11.9. The van der Waals surface area contributed by atoms with Crippen molar-refractivity contribution in [2.75, 3.05) is 13.2 Å². The van der Waals surface area contributed by atoms with Crippen molar-refractivity contribution in [1.29, 1.82) is 0 Å². The quantitative estimate of drug-likeness (QED) is 0.428. The molecule has 0 amide bonds. The number of fused-ring (bicyclic) bond motifs is 2. The van der Waals surface area contributed by atoms with Crippen LogP contribution in [0.4, 0.5) is 0 Å². The Kier molecular flexibility index (Phi) is 5.77. The minimum Gasteiger partial charge on any atom is -0.480 e. The Labute approximate surface area is 163 Å². The molecule has 6 heteroatoms. The smallest absolute Gasteiger partial charge is 0.344 e. The SMILES string of the molecule is CC1(C)[C@H]2CC[C@@H](CCOC(=O)COc3cc(Cl)c(Cl)cc3Cl)[C@@H]1C2. The summed E-state index contributed by atoms with van der Waals surface area (Å²) >= 11 is 17.8. The zero-order chi connectivity index (χ0) is 18.2. The van der Waals surface area contributed by atoms with Crippen molar-refractivity contribution in [3.05, 3.63) is 27.2 Å². The first-order valence-corrected chi connectivity index (χ1v) is 9.85. The van der Waals surface area contributed by atoms with Gasteiger partial charge in [-0.3, -0.25) is 0 Å². The monoisotopic (exact) mass is 404 g/mol. The molecule has 3 aliphatic rings. The van der Waals surface area contributed by atoms with Crippen molar-refractivity contribution in [3.63, 3.8) is 0 Å². The largest absolute Gasteiger partial charge is 0.480 e. The van der Waals surface area contributed by atoms with Crippen LogP contribution in [0.3, 0.4) is 0 Å². The Morgan fingerprint density at radius 3 is 2.56 bits per heavy atom. The van der Waals surface area contributed by atoms with E-state index in [0.717, 1.165) is 18.3 Å². The van der Waals surface area contributed by atoms with Gasteiger partial charge in [0.25, 0.3) is 0 Å². The summed E-state index contributed by atoms with van der Waals surface area (Å²) in [5.41, 5.74) is 0.459. The van der Waals surface area contributed by atoms with Gasteiger partial charge in [-0.05, 0) is 54.9 Å². The zero-order valence-corrected chi connectivity index (χ0v) is 16.8. The van der Waals surface area contributed by atoms with E-state index in [9.17, 15) is 4.79 Å². The summed E-state index contributed by atoms with van der Waals surface area (Å²) in [6.45, 7) is 5.00. The first kappa shape index (κ1) is 19.1. The van der Waals surface area contributed by atoms with Gasteiger partial charge < -0.3 is 9.47 Å². The van der Waals surface area contributed by atoms with Crippen molar-refractivity contribution in [3.8, 4) is 5.75 Å². The van der Waals surface area contributed by atoms with E-state index in [1.165, 1.54) is 31.4 Å². The van der Waals surface area contributed by atoms with Gasteiger partial charge in [-0.15, -0.1) is 0 Å².